The van der Waals surface area contributed by atoms with Crippen LogP contribution in [0.1, 0.15) is 32.1 Å². The largest absolute Gasteiger partial charge is 0.481 e. The van der Waals surface area contributed by atoms with E-state index in [-0.39, 0.29) is 12.3 Å². The van der Waals surface area contributed by atoms with Crippen molar-refractivity contribution in [1.29, 1.82) is 0 Å². The highest BCUT2D eigenvalue weighted by molar-refractivity contribution is 5.75. The van der Waals surface area contributed by atoms with E-state index in [1.54, 1.807) is 0 Å². The summed E-state index contributed by atoms with van der Waals surface area (Å²) in [6.07, 6.45) is 2.73. The Morgan fingerprint density at radius 2 is 1.75 bits per heavy atom. The average Bonchev–Trinajstić information content (AvgIpc) is 2.19. The van der Waals surface area contributed by atoms with Crippen molar-refractivity contribution in [2.24, 2.45) is 0 Å². The first-order valence-electron chi connectivity index (χ1n) is 5.65. The van der Waals surface area contributed by atoms with Gasteiger partial charge in [0.25, 0.3) is 0 Å². The van der Waals surface area contributed by atoms with Crippen molar-refractivity contribution in [2.45, 2.75) is 32.1 Å². The normalized spacial score (nSPS) is 10.4. The zero-order valence-corrected chi connectivity index (χ0v) is 10.2. The highest BCUT2D eigenvalue weighted by Gasteiger charge is 2.02. The minimum atomic E-state index is -0.800. The van der Waals surface area contributed by atoms with Crippen LogP contribution in [0.25, 0.3) is 0 Å². The SMILES string of the molecule is CN(C)CCCNC(=O)CCCCC(=O)O. The van der Waals surface area contributed by atoms with Crippen LogP contribution in [0.4, 0.5) is 0 Å². The Morgan fingerprint density at radius 1 is 1.12 bits per heavy atom. The van der Waals surface area contributed by atoms with E-state index in [4.69, 9.17) is 5.11 Å². The number of aliphatic carboxylic acids is 1. The number of carbonyl (C=O) groups excluding carboxylic acids is 1. The third kappa shape index (κ3) is 11.0. The summed E-state index contributed by atoms with van der Waals surface area (Å²) in [5.74, 6) is -0.782. The molecule has 0 unspecified atom stereocenters. The molecule has 94 valence electrons. The highest BCUT2D eigenvalue weighted by atomic mass is 16.4. The van der Waals surface area contributed by atoms with E-state index in [1.165, 1.54) is 0 Å². The summed E-state index contributed by atoms with van der Waals surface area (Å²) in [5, 5.41) is 11.2. The zero-order chi connectivity index (χ0) is 12.4. The van der Waals surface area contributed by atoms with Crippen LogP contribution >= 0.6 is 0 Å². The lowest BCUT2D eigenvalue weighted by molar-refractivity contribution is -0.137. The number of amides is 1. The zero-order valence-electron chi connectivity index (χ0n) is 10.2. The molecule has 0 saturated carbocycles. The van der Waals surface area contributed by atoms with Gasteiger partial charge in [0.2, 0.25) is 5.91 Å². The smallest absolute Gasteiger partial charge is 0.303 e. The van der Waals surface area contributed by atoms with Gasteiger partial charge in [-0.25, -0.2) is 0 Å². The number of nitrogens with one attached hydrogen (secondary N) is 1. The number of nitrogens with zero attached hydrogens (tertiary/aromatic N) is 1. The number of hydrogen-bond donors (Lipinski definition) is 2. The molecule has 0 aliphatic carbocycles. The third-order valence-corrected chi connectivity index (χ3v) is 2.15. The van der Waals surface area contributed by atoms with Gasteiger partial charge >= 0.3 is 5.97 Å². The number of carbonyl (C=O) groups is 2. The van der Waals surface area contributed by atoms with Crippen LogP contribution < -0.4 is 5.32 Å². The Hall–Kier alpha value is -1.10. The summed E-state index contributed by atoms with van der Waals surface area (Å²) in [6.45, 7) is 1.65. The van der Waals surface area contributed by atoms with Gasteiger partial charge < -0.3 is 15.3 Å². The lowest BCUT2D eigenvalue weighted by Crippen LogP contribution is -2.26. The van der Waals surface area contributed by atoms with Crippen LogP contribution in [0.3, 0.4) is 0 Å². The van der Waals surface area contributed by atoms with Crippen molar-refractivity contribution < 1.29 is 14.7 Å². The number of unbranched alkanes of at least 4 members (excludes halogenated alkanes) is 1. The topological polar surface area (TPSA) is 69.6 Å². The van der Waals surface area contributed by atoms with Crippen LogP contribution in [0, 0.1) is 0 Å². The quantitative estimate of drug-likeness (QED) is 0.572. The summed E-state index contributed by atoms with van der Waals surface area (Å²) in [5.41, 5.74) is 0. The fourth-order valence-electron chi connectivity index (χ4n) is 1.27. The predicted molar refractivity (Wildman–Crippen MR) is 62.3 cm³/mol. The maximum atomic E-state index is 11.3. The molecule has 16 heavy (non-hydrogen) atoms. The average molecular weight is 230 g/mol. The fraction of sp³-hybridized carbons (Fsp3) is 0.818. The van der Waals surface area contributed by atoms with E-state index in [2.05, 4.69) is 10.2 Å². The van der Waals surface area contributed by atoms with E-state index in [0.29, 0.717) is 25.8 Å². The molecule has 0 fully saturated rings. The molecule has 2 N–H and O–H groups in total. The minimum absolute atomic E-state index is 0.0177. The Kier molecular flexibility index (Phi) is 8.52. The first-order chi connectivity index (χ1) is 7.52. The fourth-order valence-corrected chi connectivity index (χ4v) is 1.27. The van der Waals surface area contributed by atoms with Crippen molar-refractivity contribution in [3.63, 3.8) is 0 Å². The minimum Gasteiger partial charge on any atom is -0.481 e. The van der Waals surface area contributed by atoms with E-state index in [1.807, 2.05) is 14.1 Å². The summed E-state index contributed by atoms with van der Waals surface area (Å²) >= 11 is 0. The van der Waals surface area contributed by atoms with E-state index >= 15 is 0 Å². The molecular formula is C11H22N2O3. The van der Waals surface area contributed by atoms with Crippen molar-refractivity contribution in [2.75, 3.05) is 27.2 Å². The first kappa shape index (κ1) is 14.9. The van der Waals surface area contributed by atoms with Crippen molar-refractivity contribution in [1.82, 2.24) is 10.2 Å². The Morgan fingerprint density at radius 3 is 2.31 bits per heavy atom. The van der Waals surface area contributed by atoms with Gasteiger partial charge in [-0.05, 0) is 39.9 Å². The molecule has 0 radical (unpaired) electrons. The molecule has 0 spiro atoms. The van der Waals surface area contributed by atoms with Gasteiger partial charge in [-0.1, -0.05) is 0 Å². The number of carboxylic acid groups (broad SMARTS) is 1. The first-order valence-corrected chi connectivity index (χ1v) is 5.65. The van der Waals surface area contributed by atoms with E-state index in [9.17, 15) is 9.59 Å². The molecule has 5 heteroatoms. The van der Waals surface area contributed by atoms with Gasteiger partial charge in [-0.15, -0.1) is 0 Å². The molecule has 0 aromatic rings. The molecule has 0 rings (SSSR count). The summed E-state index contributed by atoms with van der Waals surface area (Å²) in [6, 6.07) is 0. The maximum Gasteiger partial charge on any atom is 0.303 e. The summed E-state index contributed by atoms with van der Waals surface area (Å²) in [7, 11) is 3.99. The van der Waals surface area contributed by atoms with Crippen molar-refractivity contribution >= 4 is 11.9 Å². The van der Waals surface area contributed by atoms with Gasteiger partial charge in [0.05, 0.1) is 0 Å². The molecule has 0 bridgehead atoms. The van der Waals surface area contributed by atoms with Crippen LogP contribution in [0.15, 0.2) is 0 Å². The molecule has 0 aliphatic heterocycles. The number of rotatable bonds is 9. The standard InChI is InChI=1S/C11H22N2O3/c1-13(2)9-5-8-12-10(14)6-3-4-7-11(15)16/h3-9H2,1-2H3,(H,12,14)(H,15,16). The van der Waals surface area contributed by atoms with Gasteiger partial charge in [0.15, 0.2) is 0 Å². The molecule has 0 saturated heterocycles. The molecular weight excluding hydrogens is 208 g/mol. The van der Waals surface area contributed by atoms with Crippen LogP contribution in [-0.4, -0.2) is 49.1 Å². The van der Waals surface area contributed by atoms with E-state index < -0.39 is 5.97 Å². The molecule has 0 atom stereocenters. The summed E-state index contributed by atoms with van der Waals surface area (Å²) < 4.78 is 0. The molecule has 5 nitrogen and oxygen atoms in total. The maximum absolute atomic E-state index is 11.3. The lowest BCUT2D eigenvalue weighted by atomic mass is 10.2. The Labute approximate surface area is 96.8 Å². The Bertz CT molecular complexity index is 217. The summed E-state index contributed by atoms with van der Waals surface area (Å²) in [4.78, 5) is 23.5. The third-order valence-electron chi connectivity index (χ3n) is 2.15. The number of hydrogen-bond acceptors (Lipinski definition) is 3. The monoisotopic (exact) mass is 230 g/mol. The van der Waals surface area contributed by atoms with Gasteiger partial charge in [0, 0.05) is 19.4 Å². The van der Waals surface area contributed by atoms with E-state index in [0.717, 1.165) is 13.0 Å². The lowest BCUT2D eigenvalue weighted by Gasteiger charge is -2.09. The molecule has 1 amide bonds. The highest BCUT2D eigenvalue weighted by Crippen LogP contribution is 1.99. The second kappa shape index (κ2) is 9.15. The van der Waals surface area contributed by atoms with Crippen molar-refractivity contribution in [3.05, 3.63) is 0 Å². The van der Waals surface area contributed by atoms with Crippen LogP contribution in [0.5, 0.6) is 0 Å². The molecule has 0 aliphatic rings. The number of carboxylic acids is 1. The Balaban J connectivity index is 3.28. The second-order valence-electron chi connectivity index (χ2n) is 4.11. The predicted octanol–water partition coefficient (Wildman–Crippen LogP) is 0.699. The van der Waals surface area contributed by atoms with Gasteiger partial charge in [-0.3, -0.25) is 9.59 Å². The molecule has 0 aromatic carbocycles. The van der Waals surface area contributed by atoms with Crippen LogP contribution in [-0.2, 0) is 9.59 Å². The second-order valence-corrected chi connectivity index (χ2v) is 4.11. The molecule has 0 aromatic heterocycles. The van der Waals surface area contributed by atoms with Gasteiger partial charge in [0.1, 0.15) is 0 Å². The van der Waals surface area contributed by atoms with Gasteiger partial charge in [-0.2, -0.15) is 0 Å². The van der Waals surface area contributed by atoms with Crippen molar-refractivity contribution in [3.8, 4) is 0 Å². The van der Waals surface area contributed by atoms with Crippen LogP contribution in [0.2, 0.25) is 0 Å². The molecule has 0 heterocycles.